The second-order valence-corrected chi connectivity index (χ2v) is 6.57. The maximum atomic E-state index is 12.9. The van der Waals surface area contributed by atoms with Gasteiger partial charge in [0.2, 0.25) is 5.43 Å². The van der Waals surface area contributed by atoms with Crippen LogP contribution in [0.15, 0.2) is 41.2 Å². The molecule has 25 heavy (non-hydrogen) atoms. The molecule has 1 aromatic heterocycles. The second kappa shape index (κ2) is 6.54. The van der Waals surface area contributed by atoms with Gasteiger partial charge in [-0.2, -0.15) is 0 Å². The van der Waals surface area contributed by atoms with Crippen molar-refractivity contribution >= 4 is 40.1 Å². The monoisotopic (exact) mass is 375 g/mol. The SMILES string of the molecule is CCn1c(-c2ccc(Cl)c(Cl)c2)c(C(=O)O)c(=O)c2cc(C)ccc21. The molecule has 1 N–H and O–H groups in total. The zero-order valence-electron chi connectivity index (χ0n) is 13.6. The molecule has 128 valence electrons. The Morgan fingerprint density at radius 3 is 2.44 bits per heavy atom. The highest BCUT2D eigenvalue weighted by atomic mass is 35.5. The van der Waals surface area contributed by atoms with Crippen LogP contribution in [0.3, 0.4) is 0 Å². The van der Waals surface area contributed by atoms with Gasteiger partial charge in [-0.25, -0.2) is 4.79 Å². The number of hydrogen-bond acceptors (Lipinski definition) is 2. The number of carbonyl (C=O) groups is 1. The molecule has 3 aromatic rings. The Balaban J connectivity index is 2.54. The molecule has 0 bridgehead atoms. The highest BCUT2D eigenvalue weighted by Crippen LogP contribution is 2.32. The minimum absolute atomic E-state index is 0.265. The lowest BCUT2D eigenvalue weighted by molar-refractivity contribution is 0.0696. The van der Waals surface area contributed by atoms with Gasteiger partial charge in [0.25, 0.3) is 0 Å². The molecular weight excluding hydrogens is 361 g/mol. The van der Waals surface area contributed by atoms with Crippen LogP contribution < -0.4 is 5.43 Å². The van der Waals surface area contributed by atoms with Crippen molar-refractivity contribution in [1.82, 2.24) is 4.57 Å². The number of fused-ring (bicyclic) bond motifs is 1. The molecule has 0 aliphatic rings. The number of nitrogens with zero attached hydrogens (tertiary/aromatic N) is 1. The van der Waals surface area contributed by atoms with Gasteiger partial charge in [0.1, 0.15) is 5.56 Å². The first-order chi connectivity index (χ1) is 11.8. The van der Waals surface area contributed by atoms with Gasteiger partial charge in [0.15, 0.2) is 0 Å². The molecule has 0 radical (unpaired) electrons. The summed E-state index contributed by atoms with van der Waals surface area (Å²) in [6, 6.07) is 10.3. The lowest BCUT2D eigenvalue weighted by Crippen LogP contribution is -2.22. The molecule has 2 aromatic carbocycles. The van der Waals surface area contributed by atoms with Gasteiger partial charge in [0, 0.05) is 17.5 Å². The fraction of sp³-hybridized carbons (Fsp3) is 0.158. The van der Waals surface area contributed by atoms with Crippen molar-refractivity contribution in [3.63, 3.8) is 0 Å². The van der Waals surface area contributed by atoms with Gasteiger partial charge in [-0.1, -0.05) is 40.9 Å². The Morgan fingerprint density at radius 1 is 1.12 bits per heavy atom. The first-order valence-electron chi connectivity index (χ1n) is 7.71. The maximum absolute atomic E-state index is 12.9. The topological polar surface area (TPSA) is 59.3 Å². The van der Waals surface area contributed by atoms with E-state index in [0.29, 0.717) is 38.8 Å². The summed E-state index contributed by atoms with van der Waals surface area (Å²) in [5.41, 5.74) is 1.67. The molecule has 1 heterocycles. The zero-order chi connectivity index (χ0) is 18.3. The van der Waals surface area contributed by atoms with Crippen LogP contribution in [-0.2, 0) is 6.54 Å². The van der Waals surface area contributed by atoms with Crippen molar-refractivity contribution in [3.05, 3.63) is 67.8 Å². The molecule has 0 fully saturated rings. The zero-order valence-corrected chi connectivity index (χ0v) is 15.1. The Labute approximate surface area is 154 Å². The average Bonchev–Trinajstić information content (AvgIpc) is 2.57. The number of aromatic nitrogens is 1. The average molecular weight is 376 g/mol. The molecule has 0 aliphatic heterocycles. The minimum atomic E-state index is -1.27. The number of benzene rings is 2. The third-order valence-electron chi connectivity index (χ3n) is 4.14. The van der Waals surface area contributed by atoms with Crippen LogP contribution in [0.1, 0.15) is 22.8 Å². The van der Waals surface area contributed by atoms with E-state index >= 15 is 0 Å². The third kappa shape index (κ3) is 2.92. The van der Waals surface area contributed by atoms with Crippen LogP contribution in [0.4, 0.5) is 0 Å². The van der Waals surface area contributed by atoms with E-state index in [4.69, 9.17) is 23.2 Å². The van der Waals surface area contributed by atoms with E-state index < -0.39 is 11.4 Å². The predicted molar refractivity (Wildman–Crippen MR) is 101 cm³/mol. The summed E-state index contributed by atoms with van der Waals surface area (Å²) in [7, 11) is 0. The Kier molecular flexibility index (Phi) is 4.58. The number of carboxylic acid groups (broad SMARTS) is 1. The summed E-state index contributed by atoms with van der Waals surface area (Å²) in [5, 5.41) is 10.8. The summed E-state index contributed by atoms with van der Waals surface area (Å²) < 4.78 is 1.82. The molecule has 3 rings (SSSR count). The summed E-state index contributed by atoms with van der Waals surface area (Å²) >= 11 is 12.1. The standard InChI is InChI=1S/C19H15Cl2NO3/c1-3-22-15-7-4-10(2)8-12(15)18(23)16(19(24)25)17(22)11-5-6-13(20)14(21)9-11/h4-9H,3H2,1-2H3,(H,24,25). The van der Waals surface area contributed by atoms with Gasteiger partial charge in [-0.3, -0.25) is 4.79 Å². The number of carboxylic acids is 1. The Morgan fingerprint density at radius 2 is 1.84 bits per heavy atom. The maximum Gasteiger partial charge on any atom is 0.341 e. The van der Waals surface area contributed by atoms with E-state index in [2.05, 4.69) is 0 Å². The number of halogens is 2. The molecule has 0 spiro atoms. The lowest BCUT2D eigenvalue weighted by Gasteiger charge is -2.18. The van der Waals surface area contributed by atoms with Gasteiger partial charge < -0.3 is 9.67 Å². The van der Waals surface area contributed by atoms with Crippen LogP contribution in [-0.4, -0.2) is 15.6 Å². The second-order valence-electron chi connectivity index (χ2n) is 5.75. The molecule has 0 saturated heterocycles. The van der Waals surface area contributed by atoms with Gasteiger partial charge in [0.05, 0.1) is 21.3 Å². The molecular formula is C19H15Cl2NO3. The van der Waals surface area contributed by atoms with Crippen LogP contribution in [0.2, 0.25) is 10.0 Å². The van der Waals surface area contributed by atoms with Crippen molar-refractivity contribution in [2.24, 2.45) is 0 Å². The van der Waals surface area contributed by atoms with Crippen LogP contribution in [0.25, 0.3) is 22.2 Å². The van der Waals surface area contributed by atoms with Crippen LogP contribution in [0.5, 0.6) is 0 Å². The third-order valence-corrected chi connectivity index (χ3v) is 4.88. The van der Waals surface area contributed by atoms with Crippen LogP contribution in [0, 0.1) is 6.92 Å². The number of aryl methyl sites for hydroxylation is 2. The minimum Gasteiger partial charge on any atom is -0.477 e. The van der Waals surface area contributed by atoms with Crippen molar-refractivity contribution in [2.75, 3.05) is 0 Å². The van der Waals surface area contributed by atoms with Crippen molar-refractivity contribution in [3.8, 4) is 11.3 Å². The molecule has 0 amide bonds. The van der Waals surface area contributed by atoms with E-state index in [9.17, 15) is 14.7 Å². The van der Waals surface area contributed by atoms with Crippen molar-refractivity contribution in [1.29, 1.82) is 0 Å². The highest BCUT2D eigenvalue weighted by Gasteiger charge is 2.23. The summed E-state index contributed by atoms with van der Waals surface area (Å²) in [6.45, 7) is 4.26. The molecule has 0 atom stereocenters. The van der Waals surface area contributed by atoms with E-state index in [1.165, 1.54) is 0 Å². The number of hydrogen-bond donors (Lipinski definition) is 1. The quantitative estimate of drug-likeness (QED) is 0.700. The normalized spacial score (nSPS) is 11.0. The molecule has 4 nitrogen and oxygen atoms in total. The van der Waals surface area contributed by atoms with Gasteiger partial charge >= 0.3 is 5.97 Å². The summed E-state index contributed by atoms with van der Waals surface area (Å²) in [5.74, 6) is -1.27. The fourth-order valence-electron chi connectivity index (χ4n) is 3.04. The van der Waals surface area contributed by atoms with Gasteiger partial charge in [-0.05, 0) is 38.1 Å². The first-order valence-corrected chi connectivity index (χ1v) is 8.46. The largest absolute Gasteiger partial charge is 0.477 e. The summed E-state index contributed by atoms with van der Waals surface area (Å²) in [4.78, 5) is 24.8. The van der Waals surface area contributed by atoms with E-state index in [0.717, 1.165) is 5.56 Å². The Bertz CT molecular complexity index is 1070. The lowest BCUT2D eigenvalue weighted by atomic mass is 10.0. The molecule has 0 unspecified atom stereocenters. The van der Waals surface area contributed by atoms with Crippen molar-refractivity contribution in [2.45, 2.75) is 20.4 Å². The number of rotatable bonds is 3. The van der Waals surface area contributed by atoms with Crippen molar-refractivity contribution < 1.29 is 9.90 Å². The van der Waals surface area contributed by atoms with Gasteiger partial charge in [-0.15, -0.1) is 0 Å². The van der Waals surface area contributed by atoms with E-state index in [-0.39, 0.29) is 5.56 Å². The van der Waals surface area contributed by atoms with Crippen LogP contribution >= 0.6 is 23.2 Å². The number of pyridine rings is 1. The first kappa shape index (κ1) is 17.5. The van der Waals surface area contributed by atoms with E-state index in [1.54, 1.807) is 24.3 Å². The number of aromatic carboxylic acids is 1. The smallest absolute Gasteiger partial charge is 0.341 e. The van der Waals surface area contributed by atoms with E-state index in [1.807, 2.05) is 30.5 Å². The predicted octanol–water partition coefficient (Wildman–Crippen LogP) is 5.00. The molecule has 6 heteroatoms. The fourth-order valence-corrected chi connectivity index (χ4v) is 3.33. The Hall–Kier alpha value is -2.30. The summed E-state index contributed by atoms with van der Waals surface area (Å²) in [6.07, 6.45) is 0. The molecule has 0 aliphatic carbocycles. The molecule has 0 saturated carbocycles. The highest BCUT2D eigenvalue weighted by molar-refractivity contribution is 6.42.